The topological polar surface area (TPSA) is 55.6 Å². The van der Waals surface area contributed by atoms with Crippen molar-refractivity contribution in [3.8, 4) is 5.69 Å². The molecule has 0 bridgehead atoms. The number of rotatable bonds is 4. The van der Waals surface area contributed by atoms with Gasteiger partial charge in [0.25, 0.3) is 0 Å². The van der Waals surface area contributed by atoms with Crippen molar-refractivity contribution >= 4 is 5.69 Å². The number of nitrogens with zero attached hydrogens (tertiary/aromatic N) is 4. The third-order valence-corrected chi connectivity index (χ3v) is 2.66. The molecule has 5 heteroatoms. The van der Waals surface area contributed by atoms with Crippen LogP contribution in [-0.4, -0.2) is 26.5 Å². The smallest absolute Gasteiger partial charge is 0.0925 e. The molecule has 0 saturated carbocycles. The zero-order chi connectivity index (χ0) is 13.0. The first-order valence-corrected chi connectivity index (χ1v) is 6.11. The molecule has 0 saturated heterocycles. The van der Waals surface area contributed by atoms with Gasteiger partial charge in [-0.3, -0.25) is 4.98 Å². The van der Waals surface area contributed by atoms with E-state index in [-0.39, 0.29) is 0 Å². The highest BCUT2D eigenvalue weighted by molar-refractivity contribution is 5.58. The van der Waals surface area contributed by atoms with Crippen LogP contribution in [-0.2, 0) is 0 Å². The van der Waals surface area contributed by atoms with Crippen molar-refractivity contribution in [2.75, 3.05) is 11.9 Å². The Labute approximate surface area is 107 Å². The Morgan fingerprint density at radius 1 is 1.28 bits per heavy atom. The molecule has 0 aliphatic rings. The Bertz CT molecular complexity index is 484. The first kappa shape index (κ1) is 12.5. The first-order valence-electron chi connectivity index (χ1n) is 6.11. The molecule has 0 amide bonds. The number of pyridine rings is 1. The van der Waals surface area contributed by atoms with Crippen molar-refractivity contribution in [3.05, 3.63) is 30.9 Å². The van der Waals surface area contributed by atoms with E-state index in [0.717, 1.165) is 24.3 Å². The fourth-order valence-corrected chi connectivity index (χ4v) is 1.63. The molecular formula is C13H19N5. The molecule has 2 heterocycles. The van der Waals surface area contributed by atoms with Crippen LogP contribution in [0.5, 0.6) is 0 Å². The SMILES string of the molecule is CC(C)(C)CCNc1cnccc1-n1ccnn1. The average Bonchev–Trinajstić information content (AvgIpc) is 2.81. The Hall–Kier alpha value is -1.91. The minimum Gasteiger partial charge on any atom is -0.382 e. The lowest BCUT2D eigenvalue weighted by Gasteiger charge is -2.19. The third kappa shape index (κ3) is 3.29. The highest BCUT2D eigenvalue weighted by atomic mass is 15.4. The monoisotopic (exact) mass is 245 g/mol. The number of hydrogen-bond acceptors (Lipinski definition) is 4. The van der Waals surface area contributed by atoms with Gasteiger partial charge < -0.3 is 5.32 Å². The highest BCUT2D eigenvalue weighted by Crippen LogP contribution is 2.21. The van der Waals surface area contributed by atoms with Gasteiger partial charge in [-0.05, 0) is 17.9 Å². The average molecular weight is 245 g/mol. The number of anilines is 1. The molecule has 0 unspecified atom stereocenters. The second kappa shape index (κ2) is 5.16. The van der Waals surface area contributed by atoms with Crippen molar-refractivity contribution in [2.24, 2.45) is 5.41 Å². The molecule has 1 N–H and O–H groups in total. The number of nitrogens with one attached hydrogen (secondary N) is 1. The maximum atomic E-state index is 4.15. The summed E-state index contributed by atoms with van der Waals surface area (Å²) in [5.41, 5.74) is 2.27. The van der Waals surface area contributed by atoms with Crippen LogP contribution in [0, 0.1) is 5.41 Å². The summed E-state index contributed by atoms with van der Waals surface area (Å²) in [5.74, 6) is 0. The lowest BCUT2D eigenvalue weighted by Crippen LogP contribution is -2.14. The van der Waals surface area contributed by atoms with E-state index in [0.29, 0.717) is 5.41 Å². The van der Waals surface area contributed by atoms with Gasteiger partial charge in [-0.1, -0.05) is 26.0 Å². The van der Waals surface area contributed by atoms with Crippen LogP contribution in [0.4, 0.5) is 5.69 Å². The lowest BCUT2D eigenvalue weighted by molar-refractivity contribution is 0.390. The van der Waals surface area contributed by atoms with E-state index < -0.39 is 0 Å². The summed E-state index contributed by atoms with van der Waals surface area (Å²) in [6, 6.07) is 1.92. The van der Waals surface area contributed by atoms with Gasteiger partial charge in [0.05, 0.1) is 30.0 Å². The van der Waals surface area contributed by atoms with Gasteiger partial charge in [0.2, 0.25) is 0 Å². The van der Waals surface area contributed by atoms with E-state index >= 15 is 0 Å². The summed E-state index contributed by atoms with van der Waals surface area (Å²) in [5, 5.41) is 11.2. The van der Waals surface area contributed by atoms with E-state index in [9.17, 15) is 0 Å². The minimum absolute atomic E-state index is 0.322. The summed E-state index contributed by atoms with van der Waals surface area (Å²) in [6.07, 6.45) is 8.16. The Morgan fingerprint density at radius 3 is 2.78 bits per heavy atom. The van der Waals surface area contributed by atoms with Gasteiger partial charge in [-0.25, -0.2) is 4.68 Å². The molecule has 0 spiro atoms. The second-order valence-corrected chi connectivity index (χ2v) is 5.48. The van der Waals surface area contributed by atoms with E-state index in [1.165, 1.54) is 0 Å². The van der Waals surface area contributed by atoms with Crippen molar-refractivity contribution in [1.82, 2.24) is 20.0 Å². The predicted molar refractivity (Wildman–Crippen MR) is 71.7 cm³/mol. The first-order chi connectivity index (χ1) is 8.56. The molecule has 2 rings (SSSR count). The van der Waals surface area contributed by atoms with Gasteiger partial charge in [-0.15, -0.1) is 5.10 Å². The van der Waals surface area contributed by atoms with Crippen LogP contribution in [0.3, 0.4) is 0 Å². The van der Waals surface area contributed by atoms with Crippen molar-refractivity contribution < 1.29 is 0 Å². The molecule has 0 aliphatic carbocycles. The van der Waals surface area contributed by atoms with Gasteiger partial charge in [-0.2, -0.15) is 0 Å². The molecule has 96 valence electrons. The number of aromatic nitrogens is 4. The quantitative estimate of drug-likeness (QED) is 0.899. The van der Waals surface area contributed by atoms with Crippen LogP contribution in [0.2, 0.25) is 0 Å². The van der Waals surface area contributed by atoms with E-state index in [1.54, 1.807) is 17.1 Å². The molecule has 5 nitrogen and oxygen atoms in total. The van der Waals surface area contributed by atoms with Crippen LogP contribution in [0.25, 0.3) is 5.69 Å². The third-order valence-electron chi connectivity index (χ3n) is 2.66. The molecule has 0 atom stereocenters. The van der Waals surface area contributed by atoms with Crippen LogP contribution in [0.1, 0.15) is 27.2 Å². The summed E-state index contributed by atoms with van der Waals surface area (Å²) >= 11 is 0. The second-order valence-electron chi connectivity index (χ2n) is 5.48. The van der Waals surface area contributed by atoms with Crippen LogP contribution < -0.4 is 5.32 Å². The Balaban J connectivity index is 2.09. The Morgan fingerprint density at radius 2 is 2.11 bits per heavy atom. The summed E-state index contributed by atoms with van der Waals surface area (Å²) in [4.78, 5) is 4.15. The maximum Gasteiger partial charge on any atom is 0.0925 e. The summed E-state index contributed by atoms with van der Waals surface area (Å²) in [7, 11) is 0. The molecule has 18 heavy (non-hydrogen) atoms. The molecule has 0 aromatic carbocycles. The van der Waals surface area contributed by atoms with Gasteiger partial charge in [0.15, 0.2) is 0 Å². The van der Waals surface area contributed by atoms with Crippen molar-refractivity contribution in [2.45, 2.75) is 27.2 Å². The molecular weight excluding hydrogens is 226 g/mol. The maximum absolute atomic E-state index is 4.15. The number of hydrogen-bond donors (Lipinski definition) is 1. The zero-order valence-corrected chi connectivity index (χ0v) is 11.1. The van der Waals surface area contributed by atoms with Crippen LogP contribution >= 0.6 is 0 Å². The van der Waals surface area contributed by atoms with Gasteiger partial charge in [0, 0.05) is 12.7 Å². The van der Waals surface area contributed by atoms with E-state index in [4.69, 9.17) is 0 Å². The molecule has 2 aromatic heterocycles. The van der Waals surface area contributed by atoms with E-state index in [1.807, 2.05) is 18.5 Å². The van der Waals surface area contributed by atoms with Gasteiger partial charge in [0.1, 0.15) is 0 Å². The highest BCUT2D eigenvalue weighted by Gasteiger charge is 2.10. The standard InChI is InChI=1S/C13H19N5/c1-13(2,3)5-7-15-11-10-14-6-4-12(11)18-9-8-16-17-18/h4,6,8-10,15H,5,7H2,1-3H3. The van der Waals surface area contributed by atoms with Crippen LogP contribution in [0.15, 0.2) is 30.9 Å². The predicted octanol–water partition coefficient (Wildman–Crippen LogP) is 2.51. The minimum atomic E-state index is 0.322. The fourth-order valence-electron chi connectivity index (χ4n) is 1.63. The molecule has 2 aromatic rings. The lowest BCUT2D eigenvalue weighted by atomic mass is 9.92. The zero-order valence-electron chi connectivity index (χ0n) is 11.1. The Kier molecular flexibility index (Phi) is 3.60. The van der Waals surface area contributed by atoms with E-state index in [2.05, 4.69) is 41.4 Å². The van der Waals surface area contributed by atoms with Crippen molar-refractivity contribution in [1.29, 1.82) is 0 Å². The largest absolute Gasteiger partial charge is 0.382 e. The van der Waals surface area contributed by atoms with Crippen molar-refractivity contribution in [3.63, 3.8) is 0 Å². The molecule has 0 radical (unpaired) electrons. The normalized spacial score (nSPS) is 11.5. The fraction of sp³-hybridized carbons (Fsp3) is 0.462. The molecule has 0 fully saturated rings. The molecule has 0 aliphatic heterocycles. The summed E-state index contributed by atoms with van der Waals surface area (Å²) in [6.45, 7) is 7.61. The summed E-state index contributed by atoms with van der Waals surface area (Å²) < 4.78 is 1.74. The van der Waals surface area contributed by atoms with Gasteiger partial charge >= 0.3 is 0 Å².